The third-order valence-corrected chi connectivity index (χ3v) is 4.45. The van der Waals surface area contributed by atoms with E-state index in [9.17, 15) is 0 Å². The molecule has 2 aromatic carbocycles. The summed E-state index contributed by atoms with van der Waals surface area (Å²) in [5, 5.41) is 8.91. The van der Waals surface area contributed by atoms with Gasteiger partial charge in [-0.05, 0) is 52.3 Å². The zero-order valence-electron chi connectivity index (χ0n) is 10.4. The molecule has 0 aromatic heterocycles. The molecule has 1 heterocycles. The first-order valence-electron chi connectivity index (χ1n) is 6.03. The lowest BCUT2D eigenvalue weighted by Gasteiger charge is -2.18. The van der Waals surface area contributed by atoms with Gasteiger partial charge >= 0.3 is 0 Å². The summed E-state index contributed by atoms with van der Waals surface area (Å²) in [5.41, 5.74) is 0.636. The minimum absolute atomic E-state index is 0.587. The Hall–Kier alpha value is -1.64. The van der Waals surface area contributed by atoms with Crippen LogP contribution in [0.15, 0.2) is 50.7 Å². The molecule has 0 atom stereocenters. The highest BCUT2D eigenvalue weighted by Gasteiger charge is 2.12. The summed E-state index contributed by atoms with van der Waals surface area (Å²) in [6.45, 7) is 1.19. The number of benzene rings is 2. The van der Waals surface area contributed by atoms with E-state index < -0.39 is 0 Å². The van der Waals surface area contributed by atoms with Gasteiger partial charge in [0.05, 0.1) is 5.56 Å². The number of ether oxygens (including phenoxy) is 2. The summed E-state index contributed by atoms with van der Waals surface area (Å²) >= 11 is 5.02. The fourth-order valence-corrected chi connectivity index (χ4v) is 3.38. The van der Waals surface area contributed by atoms with Gasteiger partial charge in [-0.3, -0.25) is 0 Å². The molecule has 0 bridgehead atoms. The zero-order valence-corrected chi connectivity index (χ0v) is 12.8. The van der Waals surface area contributed by atoms with Gasteiger partial charge in [0.1, 0.15) is 19.3 Å². The summed E-state index contributed by atoms with van der Waals surface area (Å²) in [6.07, 6.45) is 0. The Morgan fingerprint density at radius 3 is 2.45 bits per heavy atom. The largest absolute Gasteiger partial charge is 0.486 e. The summed E-state index contributed by atoms with van der Waals surface area (Å²) in [4.78, 5) is 2.14. The molecule has 0 spiro atoms. The molecule has 0 amide bonds. The first-order chi connectivity index (χ1) is 9.76. The van der Waals surface area contributed by atoms with Crippen LogP contribution in [0.2, 0.25) is 0 Å². The summed E-state index contributed by atoms with van der Waals surface area (Å²) in [5.74, 6) is 1.58. The van der Waals surface area contributed by atoms with Crippen molar-refractivity contribution >= 4 is 27.7 Å². The Labute approximate surface area is 129 Å². The predicted octanol–water partition coefficient (Wildman–Crippen LogP) is 4.24. The SMILES string of the molecule is N#Cc1ccc(Sc2ccc3c(c2)OCCO3)cc1Br. The van der Waals surface area contributed by atoms with Crippen LogP contribution in [0, 0.1) is 11.3 Å². The van der Waals surface area contributed by atoms with E-state index in [4.69, 9.17) is 14.7 Å². The summed E-state index contributed by atoms with van der Waals surface area (Å²) in [7, 11) is 0. The second-order valence-electron chi connectivity index (χ2n) is 4.16. The molecule has 100 valence electrons. The minimum Gasteiger partial charge on any atom is -0.486 e. The van der Waals surface area contributed by atoms with E-state index >= 15 is 0 Å². The zero-order chi connectivity index (χ0) is 13.9. The molecule has 5 heteroatoms. The van der Waals surface area contributed by atoms with Crippen molar-refractivity contribution in [3.8, 4) is 17.6 Å². The van der Waals surface area contributed by atoms with E-state index in [0.29, 0.717) is 18.8 Å². The van der Waals surface area contributed by atoms with Crippen molar-refractivity contribution in [3.63, 3.8) is 0 Å². The average Bonchev–Trinajstić information content (AvgIpc) is 2.47. The van der Waals surface area contributed by atoms with Crippen LogP contribution >= 0.6 is 27.7 Å². The van der Waals surface area contributed by atoms with Gasteiger partial charge in [-0.15, -0.1) is 0 Å². The number of halogens is 1. The molecule has 0 saturated heterocycles. The molecule has 2 aromatic rings. The van der Waals surface area contributed by atoms with E-state index in [0.717, 1.165) is 25.8 Å². The highest BCUT2D eigenvalue weighted by atomic mass is 79.9. The molecular weight excluding hydrogens is 338 g/mol. The van der Waals surface area contributed by atoms with Crippen molar-refractivity contribution in [2.45, 2.75) is 9.79 Å². The Balaban J connectivity index is 1.84. The van der Waals surface area contributed by atoms with Crippen molar-refractivity contribution in [1.29, 1.82) is 5.26 Å². The van der Waals surface area contributed by atoms with Gasteiger partial charge < -0.3 is 9.47 Å². The molecular formula is C15H10BrNO2S. The van der Waals surface area contributed by atoms with Crippen molar-refractivity contribution in [2.75, 3.05) is 13.2 Å². The van der Waals surface area contributed by atoms with E-state index in [-0.39, 0.29) is 0 Å². The number of rotatable bonds is 2. The lowest BCUT2D eigenvalue weighted by Crippen LogP contribution is -2.15. The average molecular weight is 348 g/mol. The summed E-state index contributed by atoms with van der Waals surface area (Å²) in [6, 6.07) is 13.7. The van der Waals surface area contributed by atoms with Crippen LogP contribution in [0.4, 0.5) is 0 Å². The molecule has 0 saturated carbocycles. The van der Waals surface area contributed by atoms with Crippen LogP contribution < -0.4 is 9.47 Å². The van der Waals surface area contributed by atoms with E-state index in [1.807, 2.05) is 36.4 Å². The van der Waals surface area contributed by atoms with Gasteiger partial charge in [-0.25, -0.2) is 0 Å². The van der Waals surface area contributed by atoms with E-state index in [1.165, 1.54) is 0 Å². The molecule has 20 heavy (non-hydrogen) atoms. The van der Waals surface area contributed by atoms with E-state index in [1.54, 1.807) is 11.8 Å². The molecule has 0 unspecified atom stereocenters. The second kappa shape index (κ2) is 5.78. The van der Waals surface area contributed by atoms with Crippen LogP contribution in [0.25, 0.3) is 0 Å². The smallest absolute Gasteiger partial charge is 0.162 e. The monoisotopic (exact) mass is 347 g/mol. The van der Waals surface area contributed by atoms with Crippen LogP contribution in [-0.2, 0) is 0 Å². The predicted molar refractivity (Wildman–Crippen MR) is 80.4 cm³/mol. The lowest BCUT2D eigenvalue weighted by molar-refractivity contribution is 0.171. The van der Waals surface area contributed by atoms with Gasteiger partial charge in [-0.1, -0.05) is 11.8 Å². The molecule has 0 N–H and O–H groups in total. The standard InChI is InChI=1S/C15H10BrNO2S/c16-13-7-11(2-1-10(13)9-17)20-12-3-4-14-15(8-12)19-6-5-18-14/h1-4,7-8H,5-6H2. The number of nitrogens with zero attached hydrogens (tertiary/aromatic N) is 1. The molecule has 0 fully saturated rings. The third-order valence-electron chi connectivity index (χ3n) is 2.81. The lowest BCUT2D eigenvalue weighted by atomic mass is 10.2. The maximum absolute atomic E-state index is 8.91. The maximum Gasteiger partial charge on any atom is 0.162 e. The highest BCUT2D eigenvalue weighted by molar-refractivity contribution is 9.10. The van der Waals surface area contributed by atoms with Gasteiger partial charge in [0, 0.05) is 14.3 Å². The summed E-state index contributed by atoms with van der Waals surface area (Å²) < 4.78 is 11.9. The van der Waals surface area contributed by atoms with Crippen LogP contribution in [-0.4, -0.2) is 13.2 Å². The van der Waals surface area contributed by atoms with Crippen LogP contribution in [0.1, 0.15) is 5.56 Å². The Morgan fingerprint density at radius 1 is 1.00 bits per heavy atom. The van der Waals surface area contributed by atoms with Crippen LogP contribution in [0.3, 0.4) is 0 Å². The Bertz CT molecular complexity index is 697. The quantitative estimate of drug-likeness (QED) is 0.814. The molecule has 1 aliphatic rings. The highest BCUT2D eigenvalue weighted by Crippen LogP contribution is 2.37. The normalized spacial score (nSPS) is 12.8. The van der Waals surface area contributed by atoms with Crippen molar-refractivity contribution in [2.24, 2.45) is 0 Å². The topological polar surface area (TPSA) is 42.2 Å². The second-order valence-corrected chi connectivity index (χ2v) is 6.16. The molecule has 3 rings (SSSR count). The number of hydrogen-bond acceptors (Lipinski definition) is 4. The van der Waals surface area contributed by atoms with Gasteiger partial charge in [0.25, 0.3) is 0 Å². The van der Waals surface area contributed by atoms with Crippen molar-refractivity contribution in [3.05, 3.63) is 46.4 Å². The number of hydrogen-bond donors (Lipinski definition) is 0. The molecule has 3 nitrogen and oxygen atoms in total. The fourth-order valence-electron chi connectivity index (χ4n) is 1.87. The molecule has 0 radical (unpaired) electrons. The Morgan fingerprint density at radius 2 is 1.70 bits per heavy atom. The van der Waals surface area contributed by atoms with Crippen molar-refractivity contribution < 1.29 is 9.47 Å². The molecule has 1 aliphatic heterocycles. The number of fused-ring (bicyclic) bond motifs is 1. The van der Waals surface area contributed by atoms with E-state index in [2.05, 4.69) is 22.0 Å². The minimum atomic E-state index is 0.587. The van der Waals surface area contributed by atoms with Crippen molar-refractivity contribution in [1.82, 2.24) is 0 Å². The van der Waals surface area contributed by atoms with Gasteiger partial charge in [-0.2, -0.15) is 5.26 Å². The maximum atomic E-state index is 8.91. The first kappa shape index (κ1) is 13.3. The number of nitriles is 1. The van der Waals surface area contributed by atoms with Gasteiger partial charge in [0.2, 0.25) is 0 Å². The van der Waals surface area contributed by atoms with Gasteiger partial charge in [0.15, 0.2) is 11.5 Å². The Kier molecular flexibility index (Phi) is 3.86. The molecule has 0 aliphatic carbocycles. The fraction of sp³-hybridized carbons (Fsp3) is 0.133. The van der Waals surface area contributed by atoms with Crippen LogP contribution in [0.5, 0.6) is 11.5 Å². The third kappa shape index (κ3) is 2.77. The first-order valence-corrected chi connectivity index (χ1v) is 7.64.